The molecule has 2 aromatic rings. The second-order valence-electron chi connectivity index (χ2n) is 8.31. The van der Waals surface area contributed by atoms with E-state index in [1.54, 1.807) is 24.3 Å². The Morgan fingerprint density at radius 2 is 1.09 bits per heavy atom. The molecule has 0 bridgehead atoms. The Kier molecular flexibility index (Phi) is 7.10. The molecule has 0 aliphatic carbocycles. The molecule has 2 aromatic carbocycles. The largest absolute Gasteiger partial charge is 0.507 e. The molecule has 0 saturated carbocycles. The highest BCUT2D eigenvalue weighted by Crippen LogP contribution is 2.28. The fraction of sp³-hybridized carbons (Fsp3) is 0.308. The van der Waals surface area contributed by atoms with E-state index in [2.05, 4.69) is 19.8 Å². The van der Waals surface area contributed by atoms with Gasteiger partial charge >= 0.3 is 0 Å². The Bertz CT molecular complexity index is 1130. The second kappa shape index (κ2) is 10.5. The van der Waals surface area contributed by atoms with Gasteiger partial charge in [0.05, 0.1) is 0 Å². The summed E-state index contributed by atoms with van der Waals surface area (Å²) in [5.41, 5.74) is 2.39. The third kappa shape index (κ3) is 5.19. The smallest absolute Gasteiger partial charge is 0.176 e. The maximum Gasteiger partial charge on any atom is 0.176 e. The van der Waals surface area contributed by atoms with Crippen molar-refractivity contribution in [2.24, 2.45) is 9.98 Å². The Labute approximate surface area is 199 Å². The number of rotatable bonds is 6. The summed E-state index contributed by atoms with van der Waals surface area (Å²) in [4.78, 5) is 12.6. The number of benzene rings is 2. The summed E-state index contributed by atoms with van der Waals surface area (Å²) in [6.07, 6.45) is 7.24. The third-order valence-electron chi connectivity index (χ3n) is 6.07. The van der Waals surface area contributed by atoms with E-state index in [0.717, 1.165) is 63.2 Å². The number of hydrogen-bond donors (Lipinski definition) is 2. The van der Waals surface area contributed by atoms with Crippen molar-refractivity contribution in [3.8, 4) is 23.6 Å². The first-order chi connectivity index (χ1) is 16.6. The predicted octanol–water partition coefficient (Wildman–Crippen LogP) is 4.09. The molecule has 2 N–H and O–H groups in total. The Morgan fingerprint density at radius 3 is 1.41 bits per heavy atom. The Hall–Kier alpha value is -4.30. The van der Waals surface area contributed by atoms with E-state index in [1.807, 2.05) is 24.3 Å². The van der Waals surface area contributed by atoms with Gasteiger partial charge in [-0.3, -0.25) is 0 Å². The molecular weight excluding hydrogens is 428 g/mol. The van der Waals surface area contributed by atoms with Gasteiger partial charge in [0.15, 0.2) is 11.4 Å². The van der Waals surface area contributed by atoms with Crippen molar-refractivity contribution in [2.75, 3.05) is 36.0 Å². The highest BCUT2D eigenvalue weighted by molar-refractivity contribution is 5.87. The molecule has 2 fully saturated rings. The van der Waals surface area contributed by atoms with Crippen LogP contribution in [0.15, 0.2) is 57.8 Å². The highest BCUT2D eigenvalue weighted by Gasteiger charge is 2.15. The van der Waals surface area contributed by atoms with E-state index >= 15 is 0 Å². The van der Waals surface area contributed by atoms with Crippen molar-refractivity contribution in [1.29, 1.82) is 10.5 Å². The third-order valence-corrected chi connectivity index (χ3v) is 6.07. The van der Waals surface area contributed by atoms with Crippen LogP contribution in [0.1, 0.15) is 36.8 Å². The fourth-order valence-electron chi connectivity index (χ4n) is 4.18. The second-order valence-corrected chi connectivity index (χ2v) is 8.31. The summed E-state index contributed by atoms with van der Waals surface area (Å²) >= 11 is 0. The van der Waals surface area contributed by atoms with Crippen LogP contribution < -0.4 is 9.80 Å². The van der Waals surface area contributed by atoms with E-state index in [1.165, 1.54) is 12.4 Å². The highest BCUT2D eigenvalue weighted by atomic mass is 16.3. The average molecular weight is 455 g/mol. The van der Waals surface area contributed by atoms with Crippen LogP contribution in [0.5, 0.6) is 11.5 Å². The molecule has 8 nitrogen and oxygen atoms in total. The van der Waals surface area contributed by atoms with E-state index < -0.39 is 0 Å². The lowest BCUT2D eigenvalue weighted by Crippen LogP contribution is -2.17. The van der Waals surface area contributed by atoms with Gasteiger partial charge in [0.25, 0.3) is 0 Å². The molecular formula is C26H26N6O2. The maximum absolute atomic E-state index is 10.4. The van der Waals surface area contributed by atoms with Crippen molar-refractivity contribution in [3.63, 3.8) is 0 Å². The van der Waals surface area contributed by atoms with Gasteiger partial charge in [-0.2, -0.15) is 10.5 Å². The first-order valence-corrected chi connectivity index (χ1v) is 11.4. The standard InChI is InChI=1S/C26H26N6O2/c27-15-23(29-17-19-5-7-21(13-25(19)33)31-9-1-2-10-31)24(16-28)30-18-20-6-8-22(14-26(20)34)32-11-3-4-12-32/h5-8,13-14,17-18,33-34H,1-4,9-12H2/b24-23-,29-17?,30-18?. The number of nitriles is 2. The number of aromatic hydroxyl groups is 2. The molecule has 0 unspecified atom stereocenters. The predicted molar refractivity (Wildman–Crippen MR) is 133 cm³/mol. The van der Waals surface area contributed by atoms with Crippen LogP contribution >= 0.6 is 0 Å². The molecule has 4 rings (SSSR count). The molecule has 0 radical (unpaired) electrons. The van der Waals surface area contributed by atoms with Crippen LogP contribution in [-0.2, 0) is 0 Å². The number of hydrogen-bond acceptors (Lipinski definition) is 8. The summed E-state index contributed by atoms with van der Waals surface area (Å²) in [5.74, 6) is 0.103. The number of allylic oxidation sites excluding steroid dienone is 2. The Balaban J connectivity index is 1.52. The lowest BCUT2D eigenvalue weighted by atomic mass is 10.2. The van der Waals surface area contributed by atoms with Gasteiger partial charge < -0.3 is 20.0 Å². The summed E-state index contributed by atoms with van der Waals surface area (Å²) in [6.45, 7) is 3.87. The van der Waals surface area contributed by atoms with Gasteiger partial charge in [-0.1, -0.05) is 0 Å². The Morgan fingerprint density at radius 1 is 0.706 bits per heavy atom. The van der Waals surface area contributed by atoms with Gasteiger partial charge in [-0.25, -0.2) is 9.98 Å². The van der Waals surface area contributed by atoms with Crippen molar-refractivity contribution in [1.82, 2.24) is 0 Å². The minimum atomic E-state index is -0.185. The molecule has 172 valence electrons. The van der Waals surface area contributed by atoms with Crippen LogP contribution in [-0.4, -0.2) is 48.8 Å². The zero-order valence-corrected chi connectivity index (χ0v) is 18.9. The summed E-state index contributed by atoms with van der Waals surface area (Å²) in [6, 6.07) is 14.4. The average Bonchev–Trinajstić information content (AvgIpc) is 3.57. The minimum Gasteiger partial charge on any atom is -0.507 e. The molecule has 2 aliphatic rings. The van der Waals surface area contributed by atoms with Crippen molar-refractivity contribution in [3.05, 3.63) is 58.9 Å². The van der Waals surface area contributed by atoms with Gasteiger partial charge in [0.2, 0.25) is 0 Å². The molecule has 0 amide bonds. The van der Waals surface area contributed by atoms with Crippen LogP contribution in [0.4, 0.5) is 11.4 Å². The quantitative estimate of drug-likeness (QED) is 0.501. The fourth-order valence-corrected chi connectivity index (χ4v) is 4.18. The van der Waals surface area contributed by atoms with Crippen LogP contribution in [0.3, 0.4) is 0 Å². The van der Waals surface area contributed by atoms with Gasteiger partial charge in [-0.05, 0) is 49.9 Å². The van der Waals surface area contributed by atoms with E-state index in [4.69, 9.17) is 0 Å². The van der Waals surface area contributed by atoms with E-state index in [-0.39, 0.29) is 22.9 Å². The SMILES string of the molecule is N#C/C(N=Cc1ccc(N2CCCC2)cc1O)=C(\C#N)N=Cc1ccc(N2CCCC2)cc1O. The zero-order chi connectivity index (χ0) is 23.9. The van der Waals surface area contributed by atoms with Crippen molar-refractivity contribution < 1.29 is 10.2 Å². The molecule has 8 heteroatoms. The maximum atomic E-state index is 10.4. The van der Waals surface area contributed by atoms with Gasteiger partial charge in [0, 0.05) is 73.2 Å². The number of phenolic OH excluding ortho intramolecular Hbond substituents is 2. The van der Waals surface area contributed by atoms with Crippen molar-refractivity contribution >= 4 is 23.8 Å². The van der Waals surface area contributed by atoms with Gasteiger partial charge in [0.1, 0.15) is 23.6 Å². The van der Waals surface area contributed by atoms with Crippen LogP contribution in [0.25, 0.3) is 0 Å². The molecule has 2 saturated heterocycles. The number of aliphatic imine (C=N–C) groups is 2. The number of anilines is 2. The lowest BCUT2D eigenvalue weighted by Gasteiger charge is -2.18. The molecule has 0 aromatic heterocycles. The summed E-state index contributed by atoms with van der Waals surface area (Å²) in [5, 5.41) is 39.8. The van der Waals surface area contributed by atoms with Gasteiger partial charge in [-0.15, -0.1) is 0 Å². The van der Waals surface area contributed by atoms with E-state index in [0.29, 0.717) is 11.1 Å². The molecule has 2 heterocycles. The normalized spacial score (nSPS) is 16.8. The topological polar surface area (TPSA) is 119 Å². The summed E-state index contributed by atoms with van der Waals surface area (Å²) < 4.78 is 0. The van der Waals surface area contributed by atoms with Crippen molar-refractivity contribution in [2.45, 2.75) is 25.7 Å². The van der Waals surface area contributed by atoms with Crippen LogP contribution in [0.2, 0.25) is 0 Å². The molecule has 0 atom stereocenters. The van der Waals surface area contributed by atoms with Crippen LogP contribution in [0, 0.1) is 22.7 Å². The number of phenols is 2. The lowest BCUT2D eigenvalue weighted by molar-refractivity contribution is 0.474. The zero-order valence-electron chi connectivity index (χ0n) is 18.9. The molecule has 2 aliphatic heterocycles. The minimum absolute atomic E-state index is 0.0514. The first-order valence-electron chi connectivity index (χ1n) is 11.4. The number of nitrogens with zero attached hydrogens (tertiary/aromatic N) is 6. The molecule has 0 spiro atoms. The summed E-state index contributed by atoms with van der Waals surface area (Å²) in [7, 11) is 0. The first kappa shape index (κ1) is 22.9. The molecule has 34 heavy (non-hydrogen) atoms. The van der Waals surface area contributed by atoms with E-state index in [9.17, 15) is 20.7 Å². The monoisotopic (exact) mass is 454 g/mol.